The van der Waals surface area contributed by atoms with Crippen LogP contribution in [-0.4, -0.2) is 26.1 Å². The Morgan fingerprint density at radius 3 is 2.61 bits per heavy atom. The summed E-state index contributed by atoms with van der Waals surface area (Å²) in [6, 6.07) is 5.84. The molecule has 0 heterocycles. The predicted octanol–water partition coefficient (Wildman–Crippen LogP) is 3.43. The van der Waals surface area contributed by atoms with Gasteiger partial charge in [0.1, 0.15) is 5.75 Å². The summed E-state index contributed by atoms with van der Waals surface area (Å²) in [5, 5.41) is 0. The zero-order chi connectivity index (χ0) is 13.5. The van der Waals surface area contributed by atoms with Gasteiger partial charge in [0.15, 0.2) is 5.78 Å². The predicted molar refractivity (Wildman–Crippen MR) is 72.5 cm³/mol. The normalized spacial score (nSPS) is 10.7. The van der Waals surface area contributed by atoms with Gasteiger partial charge in [-0.3, -0.25) is 4.79 Å². The van der Waals surface area contributed by atoms with Crippen molar-refractivity contribution in [2.75, 3.05) is 20.3 Å². The number of carbonyl (C=O) groups excluding carboxylic acids is 1. The van der Waals surface area contributed by atoms with Gasteiger partial charge in [-0.15, -0.1) is 0 Å². The number of methoxy groups -OCH3 is 1. The molecule has 3 heteroatoms. The number of ether oxygens (including phenoxy) is 2. The highest BCUT2D eigenvalue weighted by molar-refractivity contribution is 5.99. The van der Waals surface area contributed by atoms with Crippen molar-refractivity contribution < 1.29 is 14.3 Å². The molecular formula is C15H22O3. The first-order chi connectivity index (χ1) is 8.60. The molecule has 0 aliphatic carbocycles. The Labute approximate surface area is 109 Å². The van der Waals surface area contributed by atoms with E-state index in [0.717, 1.165) is 5.56 Å². The van der Waals surface area contributed by atoms with Gasteiger partial charge in [0.2, 0.25) is 0 Å². The molecule has 0 unspecified atom stereocenters. The largest absolute Gasteiger partial charge is 0.493 e. The molecule has 0 N–H and O–H groups in total. The standard InChI is InChI=1S/C15H22O3/c1-5-18-15-7-6-12(11(2)3)10-13(15)14(16)8-9-17-4/h6-7,10-11H,5,8-9H2,1-4H3. The summed E-state index contributed by atoms with van der Waals surface area (Å²) < 4.78 is 10.5. The summed E-state index contributed by atoms with van der Waals surface area (Å²) in [7, 11) is 1.60. The molecule has 18 heavy (non-hydrogen) atoms. The molecule has 0 aliphatic rings. The van der Waals surface area contributed by atoms with Gasteiger partial charge in [0, 0.05) is 13.5 Å². The zero-order valence-electron chi connectivity index (χ0n) is 11.7. The zero-order valence-corrected chi connectivity index (χ0v) is 11.7. The number of hydrogen-bond donors (Lipinski definition) is 0. The molecule has 0 saturated carbocycles. The Bertz CT molecular complexity index is 397. The van der Waals surface area contributed by atoms with Crippen LogP contribution in [-0.2, 0) is 4.74 Å². The molecule has 0 radical (unpaired) electrons. The van der Waals surface area contributed by atoms with Crippen molar-refractivity contribution in [2.24, 2.45) is 0 Å². The van der Waals surface area contributed by atoms with Gasteiger partial charge in [-0.1, -0.05) is 19.9 Å². The van der Waals surface area contributed by atoms with Crippen LogP contribution in [0.15, 0.2) is 18.2 Å². The summed E-state index contributed by atoms with van der Waals surface area (Å²) in [6.07, 6.45) is 0.387. The van der Waals surface area contributed by atoms with Gasteiger partial charge in [-0.05, 0) is 30.5 Å². The maximum absolute atomic E-state index is 12.1. The van der Waals surface area contributed by atoms with Gasteiger partial charge in [-0.25, -0.2) is 0 Å². The van der Waals surface area contributed by atoms with Gasteiger partial charge in [-0.2, -0.15) is 0 Å². The summed E-state index contributed by atoms with van der Waals surface area (Å²) in [6.45, 7) is 7.14. The molecule has 0 bridgehead atoms. The lowest BCUT2D eigenvalue weighted by Crippen LogP contribution is -2.07. The van der Waals surface area contributed by atoms with Crippen LogP contribution < -0.4 is 4.74 Å². The van der Waals surface area contributed by atoms with E-state index in [-0.39, 0.29) is 5.78 Å². The van der Waals surface area contributed by atoms with Gasteiger partial charge < -0.3 is 9.47 Å². The molecule has 0 spiro atoms. The minimum Gasteiger partial charge on any atom is -0.493 e. The summed E-state index contributed by atoms with van der Waals surface area (Å²) >= 11 is 0. The smallest absolute Gasteiger partial charge is 0.168 e. The first kappa shape index (κ1) is 14.7. The average Bonchev–Trinajstić information content (AvgIpc) is 2.36. The first-order valence-corrected chi connectivity index (χ1v) is 6.39. The molecule has 1 aromatic carbocycles. The summed E-state index contributed by atoms with van der Waals surface area (Å²) in [4.78, 5) is 12.1. The topological polar surface area (TPSA) is 35.5 Å². The van der Waals surface area contributed by atoms with Crippen molar-refractivity contribution >= 4 is 5.78 Å². The second kappa shape index (κ2) is 7.17. The quantitative estimate of drug-likeness (QED) is 0.695. The lowest BCUT2D eigenvalue weighted by molar-refractivity contribution is 0.0928. The Morgan fingerprint density at radius 1 is 1.33 bits per heavy atom. The van der Waals surface area contributed by atoms with Crippen molar-refractivity contribution in [3.05, 3.63) is 29.3 Å². The van der Waals surface area contributed by atoms with E-state index in [9.17, 15) is 4.79 Å². The SMILES string of the molecule is CCOc1ccc(C(C)C)cc1C(=O)CCOC. The minimum atomic E-state index is 0.0720. The highest BCUT2D eigenvalue weighted by atomic mass is 16.5. The van der Waals surface area contributed by atoms with E-state index >= 15 is 0 Å². The summed E-state index contributed by atoms with van der Waals surface area (Å²) in [5.74, 6) is 1.14. The van der Waals surface area contributed by atoms with Crippen LogP contribution >= 0.6 is 0 Å². The Morgan fingerprint density at radius 2 is 2.06 bits per heavy atom. The molecule has 0 fully saturated rings. The average molecular weight is 250 g/mol. The molecule has 0 aliphatic heterocycles. The van der Waals surface area contributed by atoms with Crippen LogP contribution in [0.4, 0.5) is 0 Å². The third-order valence-electron chi connectivity index (χ3n) is 2.80. The fourth-order valence-electron chi connectivity index (χ4n) is 1.74. The Hall–Kier alpha value is -1.35. The van der Waals surface area contributed by atoms with Crippen molar-refractivity contribution in [2.45, 2.75) is 33.1 Å². The van der Waals surface area contributed by atoms with E-state index in [1.165, 1.54) is 0 Å². The van der Waals surface area contributed by atoms with Crippen molar-refractivity contribution in [3.8, 4) is 5.75 Å². The second-order valence-corrected chi connectivity index (χ2v) is 4.51. The van der Waals surface area contributed by atoms with E-state index in [4.69, 9.17) is 9.47 Å². The highest BCUT2D eigenvalue weighted by Crippen LogP contribution is 2.25. The molecule has 0 amide bonds. The Kier molecular flexibility index (Phi) is 5.86. The molecule has 100 valence electrons. The lowest BCUT2D eigenvalue weighted by Gasteiger charge is -2.13. The third kappa shape index (κ3) is 3.84. The van der Waals surface area contributed by atoms with Gasteiger partial charge in [0.25, 0.3) is 0 Å². The highest BCUT2D eigenvalue weighted by Gasteiger charge is 2.14. The lowest BCUT2D eigenvalue weighted by atomic mass is 9.97. The van der Waals surface area contributed by atoms with E-state index < -0.39 is 0 Å². The number of Topliss-reactive ketones (excluding diaryl/α,β-unsaturated/α-hetero) is 1. The monoisotopic (exact) mass is 250 g/mol. The van der Waals surface area contributed by atoms with Crippen LogP contribution in [0.3, 0.4) is 0 Å². The third-order valence-corrected chi connectivity index (χ3v) is 2.80. The first-order valence-electron chi connectivity index (χ1n) is 6.39. The summed E-state index contributed by atoms with van der Waals surface area (Å²) in [5.41, 5.74) is 1.82. The number of benzene rings is 1. The molecule has 1 aromatic rings. The van der Waals surface area contributed by atoms with E-state index in [0.29, 0.717) is 36.9 Å². The Balaban J connectivity index is 3.02. The van der Waals surface area contributed by atoms with Gasteiger partial charge in [0.05, 0.1) is 18.8 Å². The van der Waals surface area contributed by atoms with E-state index in [1.807, 2.05) is 25.1 Å². The number of rotatable bonds is 7. The van der Waals surface area contributed by atoms with E-state index in [1.54, 1.807) is 7.11 Å². The molecule has 1 rings (SSSR count). The maximum atomic E-state index is 12.1. The molecule has 0 aromatic heterocycles. The number of carbonyl (C=O) groups is 1. The molecule has 0 saturated heterocycles. The van der Waals surface area contributed by atoms with Crippen LogP contribution in [0, 0.1) is 0 Å². The van der Waals surface area contributed by atoms with Crippen molar-refractivity contribution in [1.82, 2.24) is 0 Å². The number of hydrogen-bond acceptors (Lipinski definition) is 3. The van der Waals surface area contributed by atoms with Crippen molar-refractivity contribution in [3.63, 3.8) is 0 Å². The fourth-order valence-corrected chi connectivity index (χ4v) is 1.74. The number of ketones is 1. The molecular weight excluding hydrogens is 228 g/mol. The maximum Gasteiger partial charge on any atom is 0.168 e. The van der Waals surface area contributed by atoms with Crippen LogP contribution in [0.2, 0.25) is 0 Å². The van der Waals surface area contributed by atoms with Crippen molar-refractivity contribution in [1.29, 1.82) is 0 Å². The molecule has 3 nitrogen and oxygen atoms in total. The fraction of sp³-hybridized carbons (Fsp3) is 0.533. The second-order valence-electron chi connectivity index (χ2n) is 4.51. The van der Waals surface area contributed by atoms with Crippen LogP contribution in [0.25, 0.3) is 0 Å². The molecule has 0 atom stereocenters. The minimum absolute atomic E-state index is 0.0720. The van der Waals surface area contributed by atoms with E-state index in [2.05, 4.69) is 13.8 Å². The van der Waals surface area contributed by atoms with Crippen LogP contribution in [0.1, 0.15) is 49.0 Å². The van der Waals surface area contributed by atoms with Gasteiger partial charge >= 0.3 is 0 Å². The van der Waals surface area contributed by atoms with Crippen LogP contribution in [0.5, 0.6) is 5.75 Å².